The zero-order chi connectivity index (χ0) is 23.5. The van der Waals surface area contributed by atoms with E-state index in [2.05, 4.69) is 29.6 Å². The van der Waals surface area contributed by atoms with Gasteiger partial charge in [-0.25, -0.2) is 10.4 Å². The van der Waals surface area contributed by atoms with E-state index in [1.807, 2.05) is 37.3 Å². The second-order valence-electron chi connectivity index (χ2n) is 7.97. The molecule has 6 nitrogen and oxygen atoms in total. The highest BCUT2D eigenvalue weighted by Crippen LogP contribution is 2.27. The topological polar surface area (TPSA) is 94.8 Å². The summed E-state index contributed by atoms with van der Waals surface area (Å²) in [6, 6.07) is 19.9. The summed E-state index contributed by atoms with van der Waals surface area (Å²) < 4.78 is 0. The average molecular weight is 440 g/mol. The summed E-state index contributed by atoms with van der Waals surface area (Å²) in [5, 5.41) is 24.6. The molecule has 0 spiro atoms. The lowest BCUT2D eigenvalue weighted by Crippen LogP contribution is -2.20. The summed E-state index contributed by atoms with van der Waals surface area (Å²) in [6.07, 6.45) is 0.949. The predicted molar refractivity (Wildman–Crippen MR) is 131 cm³/mol. The second-order valence-corrected chi connectivity index (χ2v) is 7.97. The van der Waals surface area contributed by atoms with Crippen molar-refractivity contribution in [2.75, 3.05) is 0 Å². The van der Waals surface area contributed by atoms with E-state index in [-0.39, 0.29) is 11.5 Å². The summed E-state index contributed by atoms with van der Waals surface area (Å²) in [6.45, 7) is 5.71. The number of nitrogens with one attached hydrogen (secondary N) is 1. The molecule has 0 saturated heterocycles. The van der Waals surface area contributed by atoms with E-state index in [1.165, 1.54) is 23.8 Å². The minimum Gasteiger partial charge on any atom is -0.508 e. The molecular formula is C27H25N3O3. The van der Waals surface area contributed by atoms with Crippen LogP contribution in [0.4, 0.5) is 0 Å². The van der Waals surface area contributed by atoms with Gasteiger partial charge in [0.05, 0.1) is 22.5 Å². The van der Waals surface area contributed by atoms with E-state index in [0.717, 1.165) is 22.9 Å². The minimum absolute atomic E-state index is 0.00184. The third-order valence-electron chi connectivity index (χ3n) is 5.56. The van der Waals surface area contributed by atoms with Crippen molar-refractivity contribution in [3.8, 4) is 22.8 Å². The normalized spacial score (nSPS) is 11.5. The molecule has 0 atom stereocenters. The molecule has 0 unspecified atom stereocenters. The van der Waals surface area contributed by atoms with Gasteiger partial charge in [-0.3, -0.25) is 4.79 Å². The van der Waals surface area contributed by atoms with Gasteiger partial charge in [-0.15, -0.1) is 0 Å². The van der Waals surface area contributed by atoms with Crippen molar-refractivity contribution < 1.29 is 15.0 Å². The summed E-state index contributed by atoms with van der Waals surface area (Å²) in [5.41, 5.74) is 8.32. The van der Waals surface area contributed by atoms with Gasteiger partial charge in [0.1, 0.15) is 11.5 Å². The number of hydrogen-bond acceptors (Lipinski definition) is 5. The highest BCUT2D eigenvalue weighted by atomic mass is 16.3. The SMILES string of the molecule is CCc1ccc(-c2cc(C(=O)N/N=C(/C)c3cc(O)ccc3O)c3cc(C)ccc3n2)cc1. The number of phenols is 2. The summed E-state index contributed by atoms with van der Waals surface area (Å²) >= 11 is 0. The Morgan fingerprint density at radius 3 is 2.45 bits per heavy atom. The van der Waals surface area contributed by atoms with Crippen LogP contribution in [0.3, 0.4) is 0 Å². The maximum Gasteiger partial charge on any atom is 0.272 e. The zero-order valence-electron chi connectivity index (χ0n) is 18.8. The van der Waals surface area contributed by atoms with Crippen molar-refractivity contribution in [3.05, 3.63) is 89.0 Å². The number of aromatic nitrogens is 1. The van der Waals surface area contributed by atoms with Gasteiger partial charge in [0.15, 0.2) is 0 Å². The molecule has 0 fully saturated rings. The van der Waals surface area contributed by atoms with Gasteiger partial charge >= 0.3 is 0 Å². The number of fused-ring (bicyclic) bond motifs is 1. The Morgan fingerprint density at radius 2 is 1.73 bits per heavy atom. The van der Waals surface area contributed by atoms with Gasteiger partial charge < -0.3 is 10.2 Å². The van der Waals surface area contributed by atoms with Crippen molar-refractivity contribution in [1.82, 2.24) is 10.4 Å². The van der Waals surface area contributed by atoms with E-state index in [4.69, 9.17) is 4.98 Å². The lowest BCUT2D eigenvalue weighted by Gasteiger charge is -2.11. The van der Waals surface area contributed by atoms with Gasteiger partial charge in [0.2, 0.25) is 0 Å². The van der Waals surface area contributed by atoms with Crippen molar-refractivity contribution >= 4 is 22.5 Å². The molecule has 0 radical (unpaired) electrons. The lowest BCUT2D eigenvalue weighted by molar-refractivity contribution is 0.0956. The molecule has 33 heavy (non-hydrogen) atoms. The molecule has 0 aliphatic carbocycles. The molecule has 1 amide bonds. The molecule has 3 aromatic carbocycles. The number of carbonyl (C=O) groups excluding carboxylic acids is 1. The Hall–Kier alpha value is -4.19. The van der Waals surface area contributed by atoms with Crippen LogP contribution in [0.5, 0.6) is 11.5 Å². The van der Waals surface area contributed by atoms with Crippen molar-refractivity contribution in [2.45, 2.75) is 27.2 Å². The van der Waals surface area contributed by atoms with E-state index >= 15 is 0 Å². The fourth-order valence-electron chi connectivity index (χ4n) is 3.66. The van der Waals surface area contributed by atoms with Crippen LogP contribution in [-0.2, 0) is 6.42 Å². The highest BCUT2D eigenvalue weighted by molar-refractivity contribution is 6.08. The van der Waals surface area contributed by atoms with Crippen LogP contribution < -0.4 is 5.43 Å². The standard InChI is InChI=1S/C27H25N3O3/c1-4-18-6-8-19(9-7-18)25-15-23(22-13-16(2)5-11-24(22)28-25)27(33)30-29-17(3)21-14-20(31)10-12-26(21)32/h5-15,31-32H,4H2,1-3H3,(H,30,33)/b29-17-. The number of pyridine rings is 1. The number of hydrazone groups is 1. The van der Waals surface area contributed by atoms with Crippen LogP contribution in [0.2, 0.25) is 0 Å². The van der Waals surface area contributed by atoms with Crippen molar-refractivity contribution in [1.29, 1.82) is 0 Å². The zero-order valence-corrected chi connectivity index (χ0v) is 18.8. The first kappa shape index (κ1) is 22.0. The van der Waals surface area contributed by atoms with Gasteiger partial charge in [-0.1, -0.05) is 42.8 Å². The maximum atomic E-state index is 13.2. The molecule has 1 aromatic heterocycles. The monoisotopic (exact) mass is 439 g/mol. The number of rotatable bonds is 5. The first-order valence-corrected chi connectivity index (χ1v) is 10.7. The maximum absolute atomic E-state index is 13.2. The van der Waals surface area contributed by atoms with Gasteiger partial charge in [-0.05, 0) is 62.2 Å². The van der Waals surface area contributed by atoms with Crippen molar-refractivity contribution in [2.24, 2.45) is 5.10 Å². The molecule has 0 bridgehead atoms. The molecule has 3 N–H and O–H groups in total. The van der Waals surface area contributed by atoms with Crippen molar-refractivity contribution in [3.63, 3.8) is 0 Å². The molecule has 0 aliphatic heterocycles. The fourth-order valence-corrected chi connectivity index (χ4v) is 3.66. The van der Waals surface area contributed by atoms with E-state index in [0.29, 0.717) is 28.0 Å². The predicted octanol–water partition coefficient (Wildman–Crippen LogP) is 5.34. The van der Waals surface area contributed by atoms with E-state index in [1.54, 1.807) is 13.0 Å². The van der Waals surface area contributed by atoms with Crippen LogP contribution in [0.25, 0.3) is 22.2 Å². The third-order valence-corrected chi connectivity index (χ3v) is 5.56. The van der Waals surface area contributed by atoms with Crippen LogP contribution in [0, 0.1) is 6.92 Å². The average Bonchev–Trinajstić information content (AvgIpc) is 2.83. The number of nitrogens with zero attached hydrogens (tertiary/aromatic N) is 2. The third kappa shape index (κ3) is 4.70. The quantitative estimate of drug-likeness (QED) is 0.222. The van der Waals surface area contributed by atoms with Gasteiger partial charge in [0, 0.05) is 16.5 Å². The molecule has 1 heterocycles. The summed E-state index contributed by atoms with van der Waals surface area (Å²) in [4.78, 5) is 18.0. The van der Waals surface area contributed by atoms with Crippen LogP contribution >= 0.6 is 0 Å². The van der Waals surface area contributed by atoms with Crippen LogP contribution in [0.1, 0.15) is 40.9 Å². The number of hydrogen-bond donors (Lipinski definition) is 3. The lowest BCUT2D eigenvalue weighted by atomic mass is 10.0. The smallest absolute Gasteiger partial charge is 0.272 e. The molecule has 166 valence electrons. The summed E-state index contributed by atoms with van der Waals surface area (Å²) in [5.74, 6) is -0.428. The molecule has 4 aromatic rings. The number of benzene rings is 3. The Balaban J connectivity index is 1.74. The Kier molecular flexibility index (Phi) is 6.09. The Morgan fingerprint density at radius 1 is 0.970 bits per heavy atom. The minimum atomic E-state index is -0.390. The number of aryl methyl sites for hydroxylation is 2. The number of carbonyl (C=O) groups is 1. The number of aromatic hydroxyl groups is 2. The van der Waals surface area contributed by atoms with Gasteiger partial charge in [-0.2, -0.15) is 5.10 Å². The number of amides is 1. The van der Waals surface area contributed by atoms with Crippen LogP contribution in [0.15, 0.2) is 71.8 Å². The Labute approximate surface area is 192 Å². The summed E-state index contributed by atoms with van der Waals surface area (Å²) in [7, 11) is 0. The molecular weight excluding hydrogens is 414 g/mol. The fraction of sp³-hybridized carbons (Fsp3) is 0.148. The molecule has 4 rings (SSSR count). The molecule has 0 aliphatic rings. The first-order valence-electron chi connectivity index (χ1n) is 10.7. The van der Waals surface area contributed by atoms with E-state index in [9.17, 15) is 15.0 Å². The number of phenolic OH excluding ortho intramolecular Hbond substituents is 2. The first-order chi connectivity index (χ1) is 15.9. The molecule has 0 saturated carbocycles. The Bertz CT molecular complexity index is 1380. The van der Waals surface area contributed by atoms with Crippen LogP contribution in [-0.4, -0.2) is 26.8 Å². The largest absolute Gasteiger partial charge is 0.508 e. The van der Waals surface area contributed by atoms with Gasteiger partial charge in [0.25, 0.3) is 5.91 Å². The second kappa shape index (κ2) is 9.12. The van der Waals surface area contributed by atoms with E-state index < -0.39 is 5.91 Å². The molecule has 6 heteroatoms. The highest BCUT2D eigenvalue weighted by Gasteiger charge is 2.15.